The largest absolute Gasteiger partial charge is 0.573 e. The molecule has 31 heavy (non-hydrogen) atoms. The molecule has 3 rings (SSSR count). The average molecular weight is 438 g/mol. The van der Waals surface area contributed by atoms with Gasteiger partial charge in [0.1, 0.15) is 17.6 Å². The lowest BCUT2D eigenvalue weighted by atomic mass is 9.83. The zero-order valence-electron chi connectivity index (χ0n) is 16.5. The number of rotatable bonds is 6. The fourth-order valence-corrected chi connectivity index (χ4v) is 3.54. The summed E-state index contributed by atoms with van der Waals surface area (Å²) in [6, 6.07) is 6.37. The predicted molar refractivity (Wildman–Crippen MR) is 104 cm³/mol. The minimum absolute atomic E-state index is 0.246. The normalized spacial score (nSPS) is 19.3. The number of carbonyl (C=O) groups is 2. The number of nitrogen functional groups attached to an aromatic ring is 1. The van der Waals surface area contributed by atoms with Crippen molar-refractivity contribution in [1.82, 2.24) is 15.2 Å². The van der Waals surface area contributed by atoms with Crippen molar-refractivity contribution in [2.45, 2.75) is 31.8 Å². The topological polar surface area (TPSA) is 118 Å². The Bertz CT molecular complexity index is 952. The van der Waals surface area contributed by atoms with Crippen LogP contribution in [0.15, 0.2) is 42.6 Å². The Morgan fingerprint density at radius 2 is 2.00 bits per heavy atom. The van der Waals surface area contributed by atoms with Crippen molar-refractivity contribution in [2.24, 2.45) is 5.92 Å². The summed E-state index contributed by atoms with van der Waals surface area (Å²) < 4.78 is 40.6. The third-order valence-corrected chi connectivity index (χ3v) is 5.02. The number of alkyl halides is 3. The molecule has 1 aliphatic heterocycles. The molecular formula is C20H21F3N4O4. The van der Waals surface area contributed by atoms with Crippen molar-refractivity contribution in [2.75, 3.05) is 12.3 Å². The Hall–Kier alpha value is -3.50. The monoisotopic (exact) mass is 438 g/mol. The molecule has 0 radical (unpaired) electrons. The first kappa shape index (κ1) is 22.2. The van der Waals surface area contributed by atoms with Crippen LogP contribution in [0.25, 0.3) is 0 Å². The van der Waals surface area contributed by atoms with E-state index in [9.17, 15) is 27.9 Å². The van der Waals surface area contributed by atoms with E-state index < -0.39 is 30.4 Å². The summed E-state index contributed by atoms with van der Waals surface area (Å²) in [6.45, 7) is 1.89. The Morgan fingerprint density at radius 1 is 1.32 bits per heavy atom. The first-order valence-electron chi connectivity index (χ1n) is 9.39. The molecule has 1 aromatic heterocycles. The molecule has 1 aromatic carbocycles. The number of carboxylic acid groups (broad SMARTS) is 1. The third-order valence-electron chi connectivity index (χ3n) is 5.02. The van der Waals surface area contributed by atoms with Crippen LogP contribution in [-0.2, 0) is 11.2 Å². The number of nitrogens with one attached hydrogen (secondary N) is 1. The number of aliphatic carboxylic acids is 1. The van der Waals surface area contributed by atoms with Gasteiger partial charge in [-0.25, -0.2) is 14.6 Å². The van der Waals surface area contributed by atoms with E-state index in [0.717, 1.165) is 17.7 Å². The molecule has 0 saturated carbocycles. The van der Waals surface area contributed by atoms with Crippen LogP contribution >= 0.6 is 0 Å². The molecule has 166 valence electrons. The highest BCUT2D eigenvalue weighted by atomic mass is 19.4. The van der Waals surface area contributed by atoms with E-state index in [2.05, 4.69) is 15.0 Å². The van der Waals surface area contributed by atoms with E-state index in [1.807, 2.05) is 0 Å². The van der Waals surface area contributed by atoms with Gasteiger partial charge in [-0.15, -0.1) is 13.2 Å². The summed E-state index contributed by atoms with van der Waals surface area (Å²) in [4.78, 5) is 29.4. The molecule has 0 bridgehead atoms. The quantitative estimate of drug-likeness (QED) is 0.638. The number of pyridine rings is 1. The number of nitrogens with zero attached hydrogens (tertiary/aromatic N) is 2. The van der Waals surface area contributed by atoms with Gasteiger partial charge >= 0.3 is 18.4 Å². The highest BCUT2D eigenvalue weighted by Crippen LogP contribution is 2.30. The van der Waals surface area contributed by atoms with Crippen molar-refractivity contribution in [3.8, 4) is 5.75 Å². The van der Waals surface area contributed by atoms with Crippen molar-refractivity contribution in [1.29, 1.82) is 0 Å². The second-order valence-corrected chi connectivity index (χ2v) is 7.28. The molecule has 8 nitrogen and oxygen atoms in total. The zero-order valence-corrected chi connectivity index (χ0v) is 16.5. The van der Waals surface area contributed by atoms with Crippen LogP contribution in [0.4, 0.5) is 23.8 Å². The lowest BCUT2D eigenvalue weighted by Gasteiger charge is -2.45. The smallest absolute Gasteiger partial charge is 0.480 e. The fourth-order valence-electron chi connectivity index (χ4n) is 3.54. The molecule has 11 heteroatoms. The number of ether oxygens (including phenoxy) is 1. The van der Waals surface area contributed by atoms with E-state index in [1.165, 1.54) is 23.2 Å². The Balaban J connectivity index is 1.60. The van der Waals surface area contributed by atoms with Crippen LogP contribution in [0.1, 0.15) is 24.1 Å². The summed E-state index contributed by atoms with van der Waals surface area (Å²) in [5.74, 6) is -1.43. The molecule has 3 atom stereocenters. The van der Waals surface area contributed by atoms with E-state index in [-0.39, 0.29) is 18.2 Å². The molecular weight excluding hydrogens is 417 g/mol. The lowest BCUT2D eigenvalue weighted by molar-refractivity contribution is -0.274. The van der Waals surface area contributed by atoms with Gasteiger partial charge in [0.2, 0.25) is 0 Å². The van der Waals surface area contributed by atoms with Crippen molar-refractivity contribution in [3.05, 3.63) is 53.7 Å². The lowest BCUT2D eigenvalue weighted by Crippen LogP contribution is -2.65. The van der Waals surface area contributed by atoms with Crippen molar-refractivity contribution in [3.63, 3.8) is 0 Å². The Morgan fingerprint density at radius 3 is 2.58 bits per heavy atom. The second kappa shape index (κ2) is 8.70. The summed E-state index contributed by atoms with van der Waals surface area (Å²) in [5.41, 5.74) is 7.02. The van der Waals surface area contributed by atoms with Gasteiger partial charge in [-0.05, 0) is 48.7 Å². The van der Waals surface area contributed by atoms with E-state index in [4.69, 9.17) is 5.73 Å². The number of amides is 2. The summed E-state index contributed by atoms with van der Waals surface area (Å²) in [6.07, 6.45) is -2.82. The molecule has 2 heterocycles. The minimum Gasteiger partial charge on any atom is -0.480 e. The number of likely N-dealkylation sites (tertiary alicyclic amines) is 1. The maximum Gasteiger partial charge on any atom is 0.573 e. The van der Waals surface area contributed by atoms with Gasteiger partial charge in [-0.2, -0.15) is 0 Å². The van der Waals surface area contributed by atoms with Gasteiger partial charge in [-0.3, -0.25) is 0 Å². The number of carboxylic acids is 1. The fraction of sp³-hybridized carbons (Fsp3) is 0.350. The standard InChI is InChI=1S/C20H21F3N4O4/c1-11(13-2-4-15(5-3-13)31-20(21,22)23)26-19(30)27-10-14(17(27)18(28)29)8-12-6-7-25-16(24)9-12/h2-7,9,11,14,17H,8,10H2,1H3,(H2,24,25)(H,26,30)(H,28,29)/t11-,14+,17+/m1/s1. The first-order valence-corrected chi connectivity index (χ1v) is 9.39. The number of anilines is 1. The number of hydrogen-bond acceptors (Lipinski definition) is 5. The van der Waals surface area contributed by atoms with E-state index in [0.29, 0.717) is 17.8 Å². The van der Waals surface area contributed by atoms with Crippen LogP contribution in [0.2, 0.25) is 0 Å². The molecule has 1 saturated heterocycles. The number of nitrogens with two attached hydrogens (primary N) is 1. The van der Waals surface area contributed by atoms with Crippen LogP contribution in [0, 0.1) is 5.92 Å². The summed E-state index contributed by atoms with van der Waals surface area (Å²) >= 11 is 0. The van der Waals surface area contributed by atoms with Gasteiger partial charge in [-0.1, -0.05) is 12.1 Å². The number of aromatic nitrogens is 1. The molecule has 0 aliphatic carbocycles. The third kappa shape index (κ3) is 5.56. The first-order chi connectivity index (χ1) is 14.5. The van der Waals surface area contributed by atoms with Crippen LogP contribution in [-0.4, -0.2) is 45.9 Å². The molecule has 2 amide bonds. The van der Waals surface area contributed by atoms with Gasteiger partial charge in [0.15, 0.2) is 0 Å². The Labute approximate surface area is 175 Å². The van der Waals surface area contributed by atoms with Crippen LogP contribution in [0.5, 0.6) is 5.75 Å². The molecule has 0 spiro atoms. The molecule has 2 aromatic rings. The Kier molecular flexibility index (Phi) is 6.23. The van der Waals surface area contributed by atoms with E-state index >= 15 is 0 Å². The zero-order chi connectivity index (χ0) is 22.8. The van der Waals surface area contributed by atoms with Gasteiger partial charge < -0.3 is 25.8 Å². The minimum atomic E-state index is -4.79. The average Bonchev–Trinajstić information content (AvgIpc) is 2.63. The molecule has 0 unspecified atom stereocenters. The maximum absolute atomic E-state index is 12.6. The summed E-state index contributed by atoms with van der Waals surface area (Å²) in [7, 11) is 0. The summed E-state index contributed by atoms with van der Waals surface area (Å²) in [5, 5.41) is 12.2. The van der Waals surface area contributed by atoms with Gasteiger partial charge in [0, 0.05) is 18.7 Å². The van der Waals surface area contributed by atoms with Crippen LogP contribution < -0.4 is 15.8 Å². The molecule has 1 aliphatic rings. The number of carbonyl (C=O) groups excluding carboxylic acids is 1. The number of halogens is 3. The number of hydrogen-bond donors (Lipinski definition) is 3. The predicted octanol–water partition coefficient (Wildman–Crippen LogP) is 2.96. The van der Waals surface area contributed by atoms with Crippen molar-refractivity contribution >= 4 is 17.8 Å². The molecule has 1 fully saturated rings. The van der Waals surface area contributed by atoms with Gasteiger partial charge in [0.05, 0.1) is 6.04 Å². The maximum atomic E-state index is 12.6. The second-order valence-electron chi connectivity index (χ2n) is 7.28. The highest BCUT2D eigenvalue weighted by Gasteiger charge is 2.46. The van der Waals surface area contributed by atoms with Crippen LogP contribution in [0.3, 0.4) is 0 Å². The number of urea groups is 1. The molecule has 4 N–H and O–H groups in total. The van der Waals surface area contributed by atoms with E-state index in [1.54, 1.807) is 19.1 Å². The van der Waals surface area contributed by atoms with Gasteiger partial charge in [0.25, 0.3) is 0 Å². The SMILES string of the molecule is C[C@@H](NC(=O)N1C[C@H](Cc2ccnc(N)c2)[C@H]1C(=O)O)c1ccc(OC(F)(F)F)cc1. The van der Waals surface area contributed by atoms with Crippen molar-refractivity contribution < 1.29 is 32.6 Å². The number of benzene rings is 1. The highest BCUT2D eigenvalue weighted by molar-refractivity contribution is 5.85.